The normalized spacial score (nSPS) is 11.1. The molecule has 0 aliphatic carbocycles. The summed E-state index contributed by atoms with van der Waals surface area (Å²) in [4.78, 5) is 27.5. The minimum Gasteiger partial charge on any atom is -0.285 e. The van der Waals surface area contributed by atoms with Crippen LogP contribution < -0.4 is 11.2 Å². The fraction of sp³-hybridized carbons (Fsp3) is 0.455. The van der Waals surface area contributed by atoms with Gasteiger partial charge in [-0.05, 0) is 19.4 Å². The molecule has 0 bridgehead atoms. The third-order valence-electron chi connectivity index (χ3n) is 2.53. The Morgan fingerprint density at radius 2 is 2.19 bits per heavy atom. The predicted molar refractivity (Wildman–Crippen MR) is 66.4 cm³/mol. The molecule has 0 amide bonds. The van der Waals surface area contributed by atoms with Crippen LogP contribution in [0.5, 0.6) is 0 Å². The van der Waals surface area contributed by atoms with Crippen LogP contribution in [0.25, 0.3) is 10.2 Å². The van der Waals surface area contributed by atoms with Gasteiger partial charge in [0.05, 0.1) is 5.39 Å². The first kappa shape index (κ1) is 11.1. The molecule has 0 fully saturated rings. The fourth-order valence-electron chi connectivity index (χ4n) is 1.71. The van der Waals surface area contributed by atoms with Crippen molar-refractivity contribution in [1.29, 1.82) is 0 Å². The third kappa shape index (κ3) is 1.82. The van der Waals surface area contributed by atoms with Crippen molar-refractivity contribution in [1.82, 2.24) is 9.55 Å². The Morgan fingerprint density at radius 1 is 1.44 bits per heavy atom. The topological polar surface area (TPSA) is 54.9 Å². The summed E-state index contributed by atoms with van der Waals surface area (Å²) in [5, 5.41) is 0.623. The van der Waals surface area contributed by atoms with Gasteiger partial charge in [0.1, 0.15) is 4.83 Å². The lowest BCUT2D eigenvalue weighted by atomic mass is 10.3. The lowest BCUT2D eigenvalue weighted by Gasteiger charge is -2.04. The summed E-state index contributed by atoms with van der Waals surface area (Å²) in [7, 11) is 0. The third-order valence-corrected chi connectivity index (χ3v) is 3.60. The highest BCUT2D eigenvalue weighted by Crippen LogP contribution is 2.20. The van der Waals surface area contributed by atoms with E-state index in [1.54, 1.807) is 4.57 Å². The van der Waals surface area contributed by atoms with Gasteiger partial charge >= 0.3 is 5.69 Å². The number of thiophene rings is 1. The van der Waals surface area contributed by atoms with Crippen molar-refractivity contribution in [2.75, 3.05) is 0 Å². The van der Waals surface area contributed by atoms with Crippen molar-refractivity contribution in [2.45, 2.75) is 33.2 Å². The molecule has 86 valence electrons. The number of unbranched alkanes of at least 4 members (excludes halogenated alkanes) is 1. The van der Waals surface area contributed by atoms with E-state index < -0.39 is 0 Å². The van der Waals surface area contributed by atoms with Crippen LogP contribution in [-0.2, 0) is 6.54 Å². The molecule has 0 aromatic carbocycles. The van der Waals surface area contributed by atoms with E-state index in [2.05, 4.69) is 11.9 Å². The second-order valence-electron chi connectivity index (χ2n) is 3.84. The van der Waals surface area contributed by atoms with E-state index >= 15 is 0 Å². The molecule has 2 aromatic heterocycles. The molecule has 4 nitrogen and oxygen atoms in total. The zero-order valence-corrected chi connectivity index (χ0v) is 10.2. The van der Waals surface area contributed by atoms with Gasteiger partial charge in [-0.1, -0.05) is 13.3 Å². The van der Waals surface area contributed by atoms with Crippen molar-refractivity contribution >= 4 is 21.6 Å². The minimum absolute atomic E-state index is 0.280. The van der Waals surface area contributed by atoms with E-state index in [0.29, 0.717) is 11.9 Å². The molecule has 0 saturated carbocycles. The monoisotopic (exact) mass is 238 g/mol. The van der Waals surface area contributed by atoms with Crippen molar-refractivity contribution in [3.63, 3.8) is 0 Å². The van der Waals surface area contributed by atoms with Crippen LogP contribution in [0.4, 0.5) is 0 Å². The Kier molecular flexibility index (Phi) is 2.96. The van der Waals surface area contributed by atoms with Crippen molar-refractivity contribution < 1.29 is 0 Å². The van der Waals surface area contributed by atoms with Gasteiger partial charge in [0.15, 0.2) is 0 Å². The number of rotatable bonds is 3. The number of hydrogen-bond donors (Lipinski definition) is 1. The smallest absolute Gasteiger partial charge is 0.285 e. The maximum atomic E-state index is 11.7. The summed E-state index contributed by atoms with van der Waals surface area (Å²) in [6, 6.07) is 1.83. The van der Waals surface area contributed by atoms with E-state index in [0.717, 1.165) is 22.5 Å². The molecule has 0 spiro atoms. The number of fused-ring (bicyclic) bond motifs is 1. The summed E-state index contributed by atoms with van der Waals surface area (Å²) in [5.41, 5.74) is -0.579. The largest absolute Gasteiger partial charge is 0.329 e. The van der Waals surface area contributed by atoms with Gasteiger partial charge in [-0.25, -0.2) is 4.79 Å². The van der Waals surface area contributed by atoms with Crippen LogP contribution in [0.1, 0.15) is 24.6 Å². The van der Waals surface area contributed by atoms with E-state index in [1.165, 1.54) is 11.3 Å². The highest BCUT2D eigenvalue weighted by atomic mass is 32.1. The van der Waals surface area contributed by atoms with Crippen molar-refractivity contribution in [3.8, 4) is 0 Å². The molecular weight excluding hydrogens is 224 g/mol. The zero-order chi connectivity index (χ0) is 11.7. The van der Waals surface area contributed by atoms with Gasteiger partial charge in [0, 0.05) is 11.4 Å². The minimum atomic E-state index is -0.298. The summed E-state index contributed by atoms with van der Waals surface area (Å²) >= 11 is 1.50. The van der Waals surface area contributed by atoms with Gasteiger partial charge in [0.25, 0.3) is 5.56 Å². The molecule has 0 saturated heterocycles. The lowest BCUT2D eigenvalue weighted by molar-refractivity contribution is 0.620. The Labute approximate surface area is 96.6 Å². The van der Waals surface area contributed by atoms with Gasteiger partial charge in [-0.2, -0.15) is 0 Å². The molecule has 0 atom stereocenters. The first-order chi connectivity index (χ1) is 7.63. The maximum absolute atomic E-state index is 11.7. The standard InChI is InChI=1S/C11H14N2O2S/c1-3-4-5-13-10-8(6-7(2)16-10)9(14)12-11(13)15/h6H,3-5H2,1-2H3,(H,12,14,15). The Bertz CT molecular complexity index is 621. The Balaban J connectivity index is 2.71. The molecule has 16 heavy (non-hydrogen) atoms. The van der Waals surface area contributed by atoms with Crippen LogP contribution in [0.2, 0.25) is 0 Å². The molecule has 2 heterocycles. The molecule has 0 radical (unpaired) electrons. The maximum Gasteiger partial charge on any atom is 0.329 e. The average molecular weight is 238 g/mol. The summed E-state index contributed by atoms with van der Waals surface area (Å²) in [6.07, 6.45) is 1.97. The summed E-state index contributed by atoms with van der Waals surface area (Å²) < 4.78 is 1.66. The average Bonchev–Trinajstić information content (AvgIpc) is 2.60. The molecule has 0 unspecified atom stereocenters. The number of aromatic nitrogens is 2. The Morgan fingerprint density at radius 3 is 2.88 bits per heavy atom. The van der Waals surface area contributed by atoms with Crippen LogP contribution in [-0.4, -0.2) is 9.55 Å². The van der Waals surface area contributed by atoms with Crippen LogP contribution >= 0.6 is 11.3 Å². The van der Waals surface area contributed by atoms with Gasteiger partial charge in [-0.3, -0.25) is 14.3 Å². The number of H-pyrrole nitrogens is 1. The quantitative estimate of drug-likeness (QED) is 0.887. The molecule has 0 aliphatic heterocycles. The second-order valence-corrected chi connectivity index (χ2v) is 5.08. The van der Waals surface area contributed by atoms with Gasteiger partial charge in [0.2, 0.25) is 0 Å². The second kappa shape index (κ2) is 4.25. The van der Waals surface area contributed by atoms with Crippen molar-refractivity contribution in [2.24, 2.45) is 0 Å². The van der Waals surface area contributed by atoms with Crippen LogP contribution in [0, 0.1) is 6.92 Å². The molecular formula is C11H14N2O2S. The van der Waals surface area contributed by atoms with Gasteiger partial charge < -0.3 is 0 Å². The Hall–Kier alpha value is -1.36. The number of nitrogens with one attached hydrogen (secondary N) is 1. The SMILES string of the molecule is CCCCn1c(=O)[nH]c(=O)c2cc(C)sc21. The number of aromatic amines is 1. The number of nitrogens with zero attached hydrogens (tertiary/aromatic N) is 1. The summed E-state index contributed by atoms with van der Waals surface area (Å²) in [5.74, 6) is 0. The molecule has 2 rings (SSSR count). The van der Waals surface area contributed by atoms with E-state index in [-0.39, 0.29) is 11.2 Å². The fourth-order valence-corrected chi connectivity index (χ4v) is 2.74. The molecule has 5 heteroatoms. The van der Waals surface area contributed by atoms with Gasteiger partial charge in [-0.15, -0.1) is 11.3 Å². The number of hydrogen-bond acceptors (Lipinski definition) is 3. The number of aryl methyl sites for hydroxylation is 2. The van der Waals surface area contributed by atoms with Crippen LogP contribution in [0.3, 0.4) is 0 Å². The van der Waals surface area contributed by atoms with E-state index in [4.69, 9.17) is 0 Å². The zero-order valence-electron chi connectivity index (χ0n) is 9.37. The molecule has 2 aromatic rings. The highest BCUT2D eigenvalue weighted by molar-refractivity contribution is 7.18. The molecule has 0 aliphatic rings. The molecule has 1 N–H and O–H groups in total. The van der Waals surface area contributed by atoms with E-state index in [9.17, 15) is 9.59 Å². The van der Waals surface area contributed by atoms with Crippen molar-refractivity contribution in [3.05, 3.63) is 31.8 Å². The predicted octanol–water partition coefficient (Wildman–Crippen LogP) is 1.86. The highest BCUT2D eigenvalue weighted by Gasteiger charge is 2.09. The lowest BCUT2D eigenvalue weighted by Crippen LogP contribution is -2.29. The first-order valence-corrected chi connectivity index (χ1v) is 6.18. The first-order valence-electron chi connectivity index (χ1n) is 5.36. The van der Waals surface area contributed by atoms with Crippen LogP contribution in [0.15, 0.2) is 15.7 Å². The van der Waals surface area contributed by atoms with E-state index in [1.807, 2.05) is 13.0 Å². The summed E-state index contributed by atoms with van der Waals surface area (Å²) in [6.45, 7) is 4.69.